The van der Waals surface area contributed by atoms with E-state index in [2.05, 4.69) is 0 Å². The van der Waals surface area contributed by atoms with Gasteiger partial charge in [0.05, 0.1) is 25.8 Å². The van der Waals surface area contributed by atoms with E-state index in [1.807, 2.05) is 112 Å². The summed E-state index contributed by atoms with van der Waals surface area (Å²) in [5, 5.41) is 0.522. The van der Waals surface area contributed by atoms with Crippen molar-refractivity contribution in [3.8, 4) is 28.7 Å². The van der Waals surface area contributed by atoms with Crippen LogP contribution in [-0.2, 0) is 16.1 Å². The molecule has 0 aliphatic heterocycles. The van der Waals surface area contributed by atoms with Gasteiger partial charge in [-0.15, -0.1) is 0 Å². The van der Waals surface area contributed by atoms with Crippen LogP contribution in [0.3, 0.4) is 0 Å². The summed E-state index contributed by atoms with van der Waals surface area (Å²) >= 11 is 0. The number of ether oxygens (including phenoxy) is 5. The number of hydrogen-bond donors (Lipinski definition) is 0. The quantitative estimate of drug-likeness (QED) is 0.157. The van der Waals surface area contributed by atoms with E-state index < -0.39 is 11.9 Å². The minimum Gasteiger partial charge on any atom is -0.491 e. The van der Waals surface area contributed by atoms with E-state index >= 15 is 0 Å². The maximum Gasteiger partial charge on any atom is 0.355 e. The first-order valence-electron chi connectivity index (χ1n) is 13.9. The van der Waals surface area contributed by atoms with Gasteiger partial charge in [-0.3, -0.25) is 0 Å². The average molecular weight is 580 g/mol. The van der Waals surface area contributed by atoms with Gasteiger partial charge in [0.2, 0.25) is 0 Å². The van der Waals surface area contributed by atoms with Gasteiger partial charge in [-0.1, -0.05) is 30.3 Å². The Morgan fingerprint density at radius 3 is 2.00 bits per heavy atom. The molecule has 0 spiro atoms. The van der Waals surface area contributed by atoms with Crippen molar-refractivity contribution in [3.05, 3.63) is 113 Å². The molecular formula is C35H33NO7. The van der Waals surface area contributed by atoms with Gasteiger partial charge in [-0.25, -0.2) is 9.59 Å². The van der Waals surface area contributed by atoms with Gasteiger partial charge in [0.15, 0.2) is 0 Å². The summed E-state index contributed by atoms with van der Waals surface area (Å²) < 4.78 is 29.9. The smallest absolute Gasteiger partial charge is 0.355 e. The Kier molecular flexibility index (Phi) is 8.66. The lowest BCUT2D eigenvalue weighted by molar-refractivity contribution is 0.0551. The number of aryl methyl sites for hydroxylation is 1. The Labute approximate surface area is 250 Å². The van der Waals surface area contributed by atoms with Crippen molar-refractivity contribution < 1.29 is 33.3 Å². The molecule has 4 aromatic carbocycles. The van der Waals surface area contributed by atoms with Gasteiger partial charge in [-0.2, -0.15) is 0 Å². The summed E-state index contributed by atoms with van der Waals surface area (Å²) in [5.41, 5.74) is 3.11. The van der Waals surface area contributed by atoms with Crippen molar-refractivity contribution in [2.75, 3.05) is 14.2 Å². The van der Waals surface area contributed by atoms with Crippen LogP contribution in [0.4, 0.5) is 0 Å². The van der Waals surface area contributed by atoms with Gasteiger partial charge in [0.25, 0.3) is 0 Å². The molecule has 220 valence electrons. The molecule has 5 rings (SSSR count). The molecule has 0 fully saturated rings. The predicted octanol–water partition coefficient (Wildman–Crippen LogP) is 7.67. The standard InChI is InChI=1S/C35H33NO7/c1-22(2)42-27-15-17-28(18-16-27)43-30-20-19-29-31(23(30)3)32(34(37)39-4)33(35(38)40-5)36(29)25-11-13-26(14-12-25)41-21-24-9-7-6-8-10-24/h6-20,22H,21H2,1-5H3. The summed E-state index contributed by atoms with van der Waals surface area (Å²) in [7, 11) is 2.56. The summed E-state index contributed by atoms with van der Waals surface area (Å²) in [6.07, 6.45) is 0.0548. The molecule has 0 radical (unpaired) electrons. The molecule has 0 unspecified atom stereocenters. The zero-order valence-electron chi connectivity index (χ0n) is 24.7. The summed E-state index contributed by atoms with van der Waals surface area (Å²) in [4.78, 5) is 26.4. The molecule has 43 heavy (non-hydrogen) atoms. The second-order valence-corrected chi connectivity index (χ2v) is 10.1. The second-order valence-electron chi connectivity index (χ2n) is 10.1. The van der Waals surface area contributed by atoms with E-state index in [0.29, 0.717) is 46.0 Å². The van der Waals surface area contributed by atoms with Crippen molar-refractivity contribution in [1.82, 2.24) is 4.57 Å². The zero-order valence-corrected chi connectivity index (χ0v) is 24.7. The Morgan fingerprint density at radius 2 is 1.37 bits per heavy atom. The first-order valence-corrected chi connectivity index (χ1v) is 13.9. The summed E-state index contributed by atoms with van der Waals surface area (Å²) in [6, 6.07) is 28.1. The highest BCUT2D eigenvalue weighted by Crippen LogP contribution is 2.38. The molecule has 0 amide bonds. The number of carbonyl (C=O) groups excluding carboxylic acids is 2. The number of benzene rings is 4. The normalized spacial score (nSPS) is 10.9. The SMILES string of the molecule is COC(=O)c1c(C(=O)OC)n(-c2ccc(OCc3ccccc3)cc2)c2ccc(Oc3ccc(OC(C)C)cc3)c(C)c12. The van der Waals surface area contributed by atoms with Crippen LogP contribution in [0.25, 0.3) is 16.6 Å². The number of fused-ring (bicyclic) bond motifs is 1. The van der Waals surface area contributed by atoms with Gasteiger partial charge in [0, 0.05) is 16.6 Å². The molecule has 0 saturated carbocycles. The third-order valence-electron chi connectivity index (χ3n) is 6.88. The Morgan fingerprint density at radius 1 is 0.744 bits per heavy atom. The van der Waals surface area contributed by atoms with Crippen molar-refractivity contribution in [3.63, 3.8) is 0 Å². The van der Waals surface area contributed by atoms with E-state index in [1.165, 1.54) is 14.2 Å². The molecule has 1 heterocycles. The van der Waals surface area contributed by atoms with Gasteiger partial charge in [-0.05, 0) is 87.0 Å². The minimum absolute atomic E-state index is 0.0535. The van der Waals surface area contributed by atoms with Crippen LogP contribution in [0.5, 0.6) is 23.0 Å². The number of rotatable bonds is 10. The lowest BCUT2D eigenvalue weighted by Crippen LogP contribution is -2.15. The fourth-order valence-corrected chi connectivity index (χ4v) is 4.92. The first kappa shape index (κ1) is 29.3. The van der Waals surface area contributed by atoms with Crippen LogP contribution >= 0.6 is 0 Å². The molecule has 1 aromatic heterocycles. The van der Waals surface area contributed by atoms with Crippen molar-refractivity contribution in [2.45, 2.75) is 33.5 Å². The summed E-state index contributed by atoms with van der Waals surface area (Å²) in [6.45, 7) is 6.18. The number of methoxy groups -OCH3 is 2. The van der Waals surface area contributed by atoms with E-state index in [1.54, 1.807) is 4.57 Å². The largest absolute Gasteiger partial charge is 0.491 e. The van der Waals surface area contributed by atoms with Crippen LogP contribution in [0, 0.1) is 6.92 Å². The molecule has 5 aromatic rings. The maximum absolute atomic E-state index is 13.2. The van der Waals surface area contributed by atoms with Gasteiger partial charge in [0.1, 0.15) is 40.9 Å². The topological polar surface area (TPSA) is 85.2 Å². The second kappa shape index (κ2) is 12.7. The highest BCUT2D eigenvalue weighted by Gasteiger charge is 2.31. The van der Waals surface area contributed by atoms with Crippen molar-refractivity contribution in [2.24, 2.45) is 0 Å². The van der Waals surface area contributed by atoms with E-state index in [4.69, 9.17) is 23.7 Å². The number of hydrogen-bond acceptors (Lipinski definition) is 7. The van der Waals surface area contributed by atoms with E-state index in [0.717, 1.165) is 11.3 Å². The third-order valence-corrected chi connectivity index (χ3v) is 6.88. The average Bonchev–Trinajstić information content (AvgIpc) is 3.38. The third kappa shape index (κ3) is 6.18. The van der Waals surface area contributed by atoms with Crippen LogP contribution in [0.1, 0.15) is 45.8 Å². The Bertz CT molecular complexity index is 1740. The molecule has 0 aliphatic rings. The molecular weight excluding hydrogens is 546 g/mol. The van der Waals surface area contributed by atoms with E-state index in [-0.39, 0.29) is 17.4 Å². The molecule has 0 saturated heterocycles. The van der Waals surface area contributed by atoms with Crippen molar-refractivity contribution >= 4 is 22.8 Å². The van der Waals surface area contributed by atoms with Gasteiger partial charge < -0.3 is 28.3 Å². The fraction of sp³-hybridized carbons (Fsp3) is 0.200. The molecule has 0 bridgehead atoms. The predicted molar refractivity (Wildman–Crippen MR) is 164 cm³/mol. The Hall–Kier alpha value is -5.24. The van der Waals surface area contributed by atoms with Crippen molar-refractivity contribution in [1.29, 1.82) is 0 Å². The van der Waals surface area contributed by atoms with Crippen LogP contribution in [-0.4, -0.2) is 36.8 Å². The van der Waals surface area contributed by atoms with Crippen LogP contribution < -0.4 is 14.2 Å². The number of aromatic nitrogens is 1. The molecule has 8 heteroatoms. The highest BCUT2D eigenvalue weighted by atomic mass is 16.5. The minimum atomic E-state index is -0.677. The van der Waals surface area contributed by atoms with Crippen LogP contribution in [0.15, 0.2) is 91.0 Å². The molecule has 0 aliphatic carbocycles. The monoisotopic (exact) mass is 579 g/mol. The Balaban J connectivity index is 1.57. The number of carbonyl (C=O) groups is 2. The highest BCUT2D eigenvalue weighted by molar-refractivity contribution is 6.15. The first-order chi connectivity index (χ1) is 20.8. The summed E-state index contributed by atoms with van der Waals surface area (Å²) in [5.74, 6) is 1.17. The molecule has 0 N–H and O–H groups in total. The molecule has 8 nitrogen and oxygen atoms in total. The zero-order chi connectivity index (χ0) is 30.5. The fourth-order valence-electron chi connectivity index (χ4n) is 4.92. The number of esters is 2. The lowest BCUT2D eigenvalue weighted by atomic mass is 10.0. The lowest BCUT2D eigenvalue weighted by Gasteiger charge is -2.13. The van der Waals surface area contributed by atoms with Crippen LogP contribution in [0.2, 0.25) is 0 Å². The molecule has 0 atom stereocenters. The number of nitrogens with zero attached hydrogens (tertiary/aromatic N) is 1. The van der Waals surface area contributed by atoms with E-state index in [9.17, 15) is 9.59 Å². The van der Waals surface area contributed by atoms with Gasteiger partial charge >= 0.3 is 11.9 Å². The maximum atomic E-state index is 13.2.